The van der Waals surface area contributed by atoms with Gasteiger partial charge in [0.1, 0.15) is 23.2 Å². The summed E-state index contributed by atoms with van der Waals surface area (Å²) in [4.78, 5) is 44.9. The lowest BCUT2D eigenvalue weighted by Crippen LogP contribution is -2.46. The number of carbonyl (C=O) groups excluding carboxylic acids is 2. The van der Waals surface area contributed by atoms with Crippen LogP contribution >= 0.6 is 0 Å². The van der Waals surface area contributed by atoms with E-state index in [2.05, 4.69) is 10.3 Å². The maximum atomic E-state index is 15.3. The molecule has 2 aromatic heterocycles. The molecule has 4 aromatic rings. The molecule has 266 valence electrons. The molecular formula is C34H31F7N4O5. The van der Waals surface area contributed by atoms with Crippen LogP contribution < -0.4 is 15.8 Å². The first-order valence-electron chi connectivity index (χ1n) is 15.3. The first-order valence-corrected chi connectivity index (χ1v) is 15.3. The molecule has 2 atom stereocenters. The van der Waals surface area contributed by atoms with Gasteiger partial charge in [-0.25, -0.2) is 22.4 Å². The Bertz CT molecular complexity index is 1980. The maximum absolute atomic E-state index is 15.3. The number of rotatable bonds is 9. The van der Waals surface area contributed by atoms with Crippen LogP contribution in [-0.4, -0.2) is 66.8 Å². The van der Waals surface area contributed by atoms with Crippen LogP contribution in [-0.2, 0) is 33.9 Å². The van der Waals surface area contributed by atoms with Crippen LogP contribution in [0.15, 0.2) is 53.5 Å². The van der Waals surface area contributed by atoms with Crippen molar-refractivity contribution in [1.29, 1.82) is 0 Å². The number of anilines is 1. The molecule has 50 heavy (non-hydrogen) atoms. The monoisotopic (exact) mass is 708 g/mol. The van der Waals surface area contributed by atoms with Gasteiger partial charge >= 0.3 is 12.1 Å². The lowest BCUT2D eigenvalue weighted by atomic mass is 9.93. The largest absolute Gasteiger partial charge is 0.467 e. The number of pyridine rings is 2. The summed E-state index contributed by atoms with van der Waals surface area (Å²) in [6.07, 6.45) is -7.24. The minimum absolute atomic E-state index is 0.00710. The number of carbonyl (C=O) groups is 2. The summed E-state index contributed by atoms with van der Waals surface area (Å²) in [5.74, 6) is -4.97. The summed E-state index contributed by atoms with van der Waals surface area (Å²) in [7, 11) is 2.35. The molecule has 0 radical (unpaired) electrons. The van der Waals surface area contributed by atoms with Crippen molar-refractivity contribution in [3.63, 3.8) is 0 Å². The highest BCUT2D eigenvalue weighted by molar-refractivity contribution is 5.99. The number of nitrogens with zero attached hydrogens (tertiary/aromatic N) is 3. The number of nitrogens with one attached hydrogen (secondary N) is 1. The first-order chi connectivity index (χ1) is 23.6. The van der Waals surface area contributed by atoms with Crippen LogP contribution in [0.4, 0.5) is 36.4 Å². The van der Waals surface area contributed by atoms with Gasteiger partial charge < -0.3 is 24.3 Å². The Hall–Kier alpha value is -4.99. The van der Waals surface area contributed by atoms with E-state index < -0.39 is 76.9 Å². The zero-order chi connectivity index (χ0) is 36.5. The summed E-state index contributed by atoms with van der Waals surface area (Å²) in [5, 5.41) is 2.49. The van der Waals surface area contributed by atoms with Gasteiger partial charge in [-0.2, -0.15) is 13.2 Å². The number of alkyl halides is 5. The molecule has 2 aromatic carbocycles. The zero-order valence-electron chi connectivity index (χ0n) is 26.9. The van der Waals surface area contributed by atoms with Gasteiger partial charge in [-0.1, -0.05) is 18.2 Å². The molecule has 1 fully saturated rings. The number of morpholine rings is 1. The lowest BCUT2D eigenvalue weighted by Gasteiger charge is -2.37. The highest BCUT2D eigenvalue weighted by atomic mass is 19.4. The molecule has 9 nitrogen and oxygen atoms in total. The van der Waals surface area contributed by atoms with Gasteiger partial charge in [0, 0.05) is 55.0 Å². The standard InChI is InChI=1S/C34H31F7N4O5/c1-17-11-23(34(39,40)41)28(32(47)44(17)2)22-7-6-18(21-5-4-8-42-30(21)22)12-26(33(48)49-3)43-31(46)29-24(35)13-19(14-25(29)36)45-9-10-50-16-20(45)15-27(37)38/h4-8,11,13-14,20,26-27H,9-10,12,15-16H2,1-3H3,(H,43,46)/t20-,26-/m0/s1. The average molecular weight is 709 g/mol. The number of aryl methyl sites for hydroxylation is 1. The average Bonchev–Trinajstić information content (AvgIpc) is 3.06. The van der Waals surface area contributed by atoms with Gasteiger partial charge in [-0.15, -0.1) is 0 Å². The second-order valence-electron chi connectivity index (χ2n) is 11.7. The fourth-order valence-corrected chi connectivity index (χ4v) is 6.04. The van der Waals surface area contributed by atoms with Crippen molar-refractivity contribution in [2.45, 2.75) is 44.5 Å². The maximum Gasteiger partial charge on any atom is 0.417 e. The van der Waals surface area contributed by atoms with Gasteiger partial charge in [0.05, 0.1) is 43.0 Å². The van der Waals surface area contributed by atoms with E-state index in [9.17, 15) is 36.3 Å². The van der Waals surface area contributed by atoms with Gasteiger partial charge in [-0.05, 0) is 36.8 Å². The van der Waals surface area contributed by atoms with E-state index in [4.69, 9.17) is 9.47 Å². The van der Waals surface area contributed by atoms with Crippen LogP contribution in [0.3, 0.4) is 0 Å². The van der Waals surface area contributed by atoms with Crippen molar-refractivity contribution in [2.24, 2.45) is 7.05 Å². The number of ether oxygens (including phenoxy) is 2. The van der Waals surface area contributed by atoms with Crippen molar-refractivity contribution in [3.8, 4) is 11.1 Å². The third-order valence-electron chi connectivity index (χ3n) is 8.58. The van der Waals surface area contributed by atoms with Crippen molar-refractivity contribution < 1.29 is 49.8 Å². The number of amides is 1. The highest BCUT2D eigenvalue weighted by Crippen LogP contribution is 2.38. The minimum Gasteiger partial charge on any atom is -0.467 e. The molecule has 0 bridgehead atoms. The fourth-order valence-electron chi connectivity index (χ4n) is 6.04. The SMILES string of the molecule is COC(=O)[C@H](Cc1ccc(-c2c(C(F)(F)F)cc(C)n(C)c2=O)c2ncccc12)NC(=O)c1c(F)cc(N2CCOC[C@@H]2CC(F)F)cc1F. The van der Waals surface area contributed by atoms with Crippen molar-refractivity contribution in [3.05, 3.63) is 93.0 Å². The van der Waals surface area contributed by atoms with Crippen LogP contribution in [0.1, 0.15) is 33.6 Å². The Kier molecular flexibility index (Phi) is 10.5. The third kappa shape index (κ3) is 7.29. The van der Waals surface area contributed by atoms with E-state index in [0.717, 1.165) is 29.9 Å². The molecule has 0 spiro atoms. The number of hydrogen-bond donors (Lipinski definition) is 1. The molecule has 3 heterocycles. The van der Waals surface area contributed by atoms with Gasteiger partial charge in [0.25, 0.3) is 11.5 Å². The summed E-state index contributed by atoms with van der Waals surface area (Å²) in [6.45, 7) is 1.47. The molecule has 1 N–H and O–H groups in total. The van der Waals surface area contributed by atoms with Crippen molar-refractivity contribution >= 4 is 28.5 Å². The van der Waals surface area contributed by atoms with E-state index in [-0.39, 0.29) is 59.6 Å². The van der Waals surface area contributed by atoms with Crippen molar-refractivity contribution in [2.75, 3.05) is 31.8 Å². The summed E-state index contributed by atoms with van der Waals surface area (Å²) >= 11 is 0. The number of esters is 1. The summed E-state index contributed by atoms with van der Waals surface area (Å²) in [5.41, 5.74) is -3.61. The molecule has 1 aliphatic heterocycles. The highest BCUT2D eigenvalue weighted by Gasteiger charge is 2.37. The number of halogens is 7. The molecule has 1 aliphatic rings. The number of hydrogen-bond acceptors (Lipinski definition) is 7. The predicted octanol–water partition coefficient (Wildman–Crippen LogP) is 5.58. The first kappa shape index (κ1) is 36.3. The molecule has 16 heteroatoms. The van der Waals surface area contributed by atoms with Crippen LogP contribution in [0, 0.1) is 18.6 Å². The lowest BCUT2D eigenvalue weighted by molar-refractivity contribution is -0.143. The van der Waals surface area contributed by atoms with Crippen molar-refractivity contribution in [1.82, 2.24) is 14.9 Å². The second-order valence-corrected chi connectivity index (χ2v) is 11.7. The Morgan fingerprint density at radius 3 is 2.46 bits per heavy atom. The van der Waals surface area contributed by atoms with Crippen LogP contribution in [0.2, 0.25) is 0 Å². The van der Waals surface area contributed by atoms with E-state index in [1.165, 1.54) is 49.3 Å². The third-order valence-corrected chi connectivity index (χ3v) is 8.58. The normalized spacial score (nSPS) is 15.7. The molecule has 5 rings (SSSR count). The topological polar surface area (TPSA) is 103 Å². The van der Waals surface area contributed by atoms with E-state index in [0.29, 0.717) is 0 Å². The molecule has 0 saturated carbocycles. The second kappa shape index (κ2) is 14.5. The van der Waals surface area contributed by atoms with E-state index in [1.54, 1.807) is 0 Å². The van der Waals surface area contributed by atoms with Gasteiger partial charge in [-0.3, -0.25) is 14.6 Å². The van der Waals surface area contributed by atoms with Crippen LogP contribution in [0.5, 0.6) is 0 Å². The Morgan fingerprint density at radius 1 is 1.12 bits per heavy atom. The van der Waals surface area contributed by atoms with Gasteiger partial charge in [0.2, 0.25) is 6.43 Å². The minimum atomic E-state index is -4.88. The van der Waals surface area contributed by atoms with E-state index >= 15 is 8.78 Å². The van der Waals surface area contributed by atoms with E-state index in [1.807, 2.05) is 0 Å². The number of fused-ring (bicyclic) bond motifs is 1. The Labute approximate surface area is 280 Å². The quantitative estimate of drug-likeness (QED) is 0.179. The fraction of sp³-hybridized carbons (Fsp3) is 0.353. The van der Waals surface area contributed by atoms with Gasteiger partial charge in [0.15, 0.2) is 0 Å². The molecule has 0 aliphatic carbocycles. The number of benzene rings is 2. The summed E-state index contributed by atoms with van der Waals surface area (Å²) < 4.78 is 111. The van der Waals surface area contributed by atoms with Crippen LogP contribution in [0.25, 0.3) is 22.0 Å². The number of methoxy groups -OCH3 is 1. The Morgan fingerprint density at radius 2 is 1.82 bits per heavy atom. The number of aromatic nitrogens is 2. The molecule has 0 unspecified atom stereocenters. The molecule has 1 saturated heterocycles. The molecule has 1 amide bonds. The summed E-state index contributed by atoms with van der Waals surface area (Å²) in [6, 6.07) is 5.68. The zero-order valence-corrected chi connectivity index (χ0v) is 26.9. The molecular weight excluding hydrogens is 677 g/mol. The smallest absolute Gasteiger partial charge is 0.417 e. The Balaban J connectivity index is 1.49. The predicted molar refractivity (Wildman–Crippen MR) is 168 cm³/mol.